The highest BCUT2D eigenvalue weighted by molar-refractivity contribution is 7.95. The molecule has 0 fully saturated rings. The van der Waals surface area contributed by atoms with Crippen molar-refractivity contribution in [2.45, 2.75) is 38.8 Å². The van der Waals surface area contributed by atoms with E-state index >= 15 is 0 Å². The Bertz CT molecular complexity index is 1120. The highest BCUT2D eigenvalue weighted by Gasteiger charge is 2.37. The fourth-order valence-corrected chi connectivity index (χ4v) is 4.05. The number of benzene rings is 2. The first-order valence-electron chi connectivity index (χ1n) is 10.1. The number of alkyl halides is 3. The molecule has 1 heterocycles. The van der Waals surface area contributed by atoms with Crippen LogP contribution in [0.2, 0.25) is 5.02 Å². The summed E-state index contributed by atoms with van der Waals surface area (Å²) in [6.45, 7) is 2.24. The van der Waals surface area contributed by atoms with Crippen LogP contribution in [0.4, 0.5) is 13.2 Å². The van der Waals surface area contributed by atoms with Crippen LogP contribution in [0.3, 0.4) is 0 Å². The van der Waals surface area contributed by atoms with E-state index in [0.29, 0.717) is 59.3 Å². The normalized spacial score (nSPS) is 11.7. The van der Waals surface area contributed by atoms with Crippen molar-refractivity contribution < 1.29 is 36.5 Å². The van der Waals surface area contributed by atoms with Crippen LogP contribution in [0.15, 0.2) is 34.9 Å². The topological polar surface area (TPSA) is 81.8 Å². The molecule has 0 bridgehead atoms. The molecule has 0 spiro atoms. The molecule has 178 valence electrons. The van der Waals surface area contributed by atoms with Gasteiger partial charge in [-0.3, -0.25) is 4.79 Å². The second-order valence-electron chi connectivity index (χ2n) is 7.14. The van der Waals surface area contributed by atoms with Gasteiger partial charge in [-0.15, -0.1) is 0 Å². The second-order valence-corrected chi connectivity index (χ2v) is 8.36. The SMILES string of the molecule is CCCc1c(OCCCSOc2ccc(CC(=O)O)cc2Cl)ccc2c(C(F)(F)F)noc12. The van der Waals surface area contributed by atoms with E-state index < -0.39 is 17.8 Å². The van der Waals surface area contributed by atoms with Gasteiger partial charge in [-0.1, -0.05) is 36.2 Å². The number of aliphatic carboxylic acids is 1. The number of carboxylic acid groups (broad SMARTS) is 1. The Kier molecular flexibility index (Phi) is 8.36. The van der Waals surface area contributed by atoms with Gasteiger partial charge in [0.05, 0.1) is 35.5 Å². The summed E-state index contributed by atoms with van der Waals surface area (Å²) in [5.41, 5.74) is 0.201. The first-order chi connectivity index (χ1) is 15.7. The summed E-state index contributed by atoms with van der Waals surface area (Å²) >= 11 is 7.28. The second kappa shape index (κ2) is 11.0. The molecule has 0 amide bonds. The molecule has 0 saturated heterocycles. The van der Waals surface area contributed by atoms with Crippen molar-refractivity contribution in [1.29, 1.82) is 0 Å². The van der Waals surface area contributed by atoms with E-state index in [1.54, 1.807) is 18.2 Å². The van der Waals surface area contributed by atoms with Crippen LogP contribution >= 0.6 is 23.6 Å². The van der Waals surface area contributed by atoms with Crippen LogP contribution in [0.1, 0.15) is 36.6 Å². The minimum absolute atomic E-state index is 0.0755. The molecule has 3 rings (SSSR count). The highest BCUT2D eigenvalue weighted by atomic mass is 35.5. The molecule has 0 atom stereocenters. The molecular weight excluding hydrogens is 483 g/mol. The first kappa shape index (κ1) is 25.0. The molecule has 0 aliphatic rings. The lowest BCUT2D eigenvalue weighted by atomic mass is 10.0. The Balaban J connectivity index is 1.54. The van der Waals surface area contributed by atoms with Crippen molar-refractivity contribution in [1.82, 2.24) is 5.16 Å². The zero-order valence-electron chi connectivity index (χ0n) is 17.6. The number of carbonyl (C=O) groups is 1. The summed E-state index contributed by atoms with van der Waals surface area (Å²) in [6.07, 6.45) is -2.91. The first-order valence-corrected chi connectivity index (χ1v) is 11.4. The summed E-state index contributed by atoms with van der Waals surface area (Å²) in [7, 11) is 0. The number of halogens is 4. The molecule has 2 aromatic carbocycles. The molecule has 0 aliphatic heterocycles. The number of aryl methyl sites for hydroxylation is 1. The van der Waals surface area contributed by atoms with Crippen LogP contribution in [0.5, 0.6) is 11.5 Å². The van der Waals surface area contributed by atoms with Gasteiger partial charge in [0.2, 0.25) is 0 Å². The lowest BCUT2D eigenvalue weighted by Gasteiger charge is -2.12. The van der Waals surface area contributed by atoms with Gasteiger partial charge in [0.1, 0.15) is 5.75 Å². The number of aromatic nitrogens is 1. The molecule has 11 heteroatoms. The average Bonchev–Trinajstić information content (AvgIpc) is 3.18. The predicted octanol–water partition coefficient (Wildman–Crippen LogP) is 6.58. The molecule has 0 radical (unpaired) electrons. The third-order valence-electron chi connectivity index (χ3n) is 4.60. The van der Waals surface area contributed by atoms with Gasteiger partial charge in [-0.05, 0) is 42.7 Å². The van der Waals surface area contributed by atoms with Crippen LogP contribution in [0, 0.1) is 0 Å². The molecule has 0 unspecified atom stereocenters. The number of rotatable bonds is 11. The zero-order chi connectivity index (χ0) is 24.0. The molecule has 0 saturated carbocycles. The van der Waals surface area contributed by atoms with E-state index in [-0.39, 0.29) is 17.4 Å². The Morgan fingerprint density at radius 3 is 2.67 bits per heavy atom. The molecule has 0 aliphatic carbocycles. The number of ether oxygens (including phenoxy) is 1. The standard InChI is InChI=1S/C22H21ClF3NO5S/c1-2-4-14-17(8-6-15-20(14)31-27-21(15)22(24,25)26)30-9-3-10-33-32-18-7-5-13(11-16(18)23)12-19(28)29/h5-8,11H,2-4,9-10,12H2,1H3,(H,28,29). The maximum Gasteiger partial charge on any atom is 0.437 e. The molecule has 1 N–H and O–H groups in total. The Morgan fingerprint density at radius 2 is 2.00 bits per heavy atom. The van der Waals surface area contributed by atoms with Gasteiger partial charge < -0.3 is 18.5 Å². The maximum absolute atomic E-state index is 13.1. The van der Waals surface area contributed by atoms with Crippen LogP contribution < -0.4 is 8.92 Å². The number of hydrogen-bond acceptors (Lipinski definition) is 6. The summed E-state index contributed by atoms with van der Waals surface area (Å²) in [5.74, 6) is 0.522. The third kappa shape index (κ3) is 6.48. The molecule has 1 aromatic heterocycles. The Labute approximate surface area is 197 Å². The van der Waals surface area contributed by atoms with Gasteiger partial charge in [-0.25, -0.2) is 0 Å². The van der Waals surface area contributed by atoms with Crippen LogP contribution in [-0.4, -0.2) is 28.6 Å². The maximum atomic E-state index is 13.1. The van der Waals surface area contributed by atoms with E-state index in [1.807, 2.05) is 6.92 Å². The lowest BCUT2D eigenvalue weighted by molar-refractivity contribution is -0.141. The summed E-state index contributed by atoms with van der Waals surface area (Å²) in [6, 6.07) is 7.63. The predicted molar refractivity (Wildman–Crippen MR) is 119 cm³/mol. The van der Waals surface area contributed by atoms with Gasteiger partial charge in [0, 0.05) is 11.3 Å². The zero-order valence-corrected chi connectivity index (χ0v) is 19.1. The summed E-state index contributed by atoms with van der Waals surface area (Å²) in [5, 5.41) is 12.3. The minimum atomic E-state index is -4.59. The van der Waals surface area contributed by atoms with Crippen molar-refractivity contribution in [2.24, 2.45) is 0 Å². The number of nitrogens with zero attached hydrogens (tertiary/aromatic N) is 1. The monoisotopic (exact) mass is 503 g/mol. The fraction of sp³-hybridized carbons (Fsp3) is 0.364. The number of fused-ring (bicyclic) bond motifs is 1. The summed E-state index contributed by atoms with van der Waals surface area (Å²) < 4.78 is 55.7. The van der Waals surface area contributed by atoms with E-state index in [9.17, 15) is 18.0 Å². The fourth-order valence-electron chi connectivity index (χ4n) is 3.17. The Hall–Kier alpha value is -2.59. The lowest BCUT2D eigenvalue weighted by Crippen LogP contribution is -2.06. The van der Waals surface area contributed by atoms with Gasteiger partial charge in [0.25, 0.3) is 0 Å². The van der Waals surface area contributed by atoms with E-state index in [0.717, 1.165) is 12.0 Å². The Morgan fingerprint density at radius 1 is 1.24 bits per heavy atom. The van der Waals surface area contributed by atoms with Crippen molar-refractivity contribution in [3.63, 3.8) is 0 Å². The largest absolute Gasteiger partial charge is 0.493 e. The van der Waals surface area contributed by atoms with Crippen molar-refractivity contribution in [2.75, 3.05) is 12.4 Å². The quantitative estimate of drug-likeness (QED) is 0.234. The van der Waals surface area contributed by atoms with E-state index in [4.69, 9.17) is 30.2 Å². The highest BCUT2D eigenvalue weighted by Crippen LogP contribution is 2.38. The van der Waals surface area contributed by atoms with Crippen LogP contribution in [0.25, 0.3) is 11.0 Å². The minimum Gasteiger partial charge on any atom is -0.493 e. The van der Waals surface area contributed by atoms with Crippen molar-refractivity contribution in [3.05, 3.63) is 52.2 Å². The molecule has 33 heavy (non-hydrogen) atoms. The van der Waals surface area contributed by atoms with E-state index in [1.165, 1.54) is 12.1 Å². The van der Waals surface area contributed by atoms with Gasteiger partial charge >= 0.3 is 12.1 Å². The molecule has 6 nitrogen and oxygen atoms in total. The number of carboxylic acids is 1. The van der Waals surface area contributed by atoms with Crippen molar-refractivity contribution in [3.8, 4) is 11.5 Å². The van der Waals surface area contributed by atoms with Gasteiger partial charge in [0.15, 0.2) is 17.0 Å². The number of hydrogen-bond donors (Lipinski definition) is 1. The molecule has 3 aromatic rings. The third-order valence-corrected chi connectivity index (χ3v) is 5.65. The smallest absolute Gasteiger partial charge is 0.437 e. The van der Waals surface area contributed by atoms with Crippen molar-refractivity contribution >= 4 is 40.6 Å². The summed E-state index contributed by atoms with van der Waals surface area (Å²) in [4.78, 5) is 10.8. The van der Waals surface area contributed by atoms with E-state index in [2.05, 4.69) is 5.16 Å². The van der Waals surface area contributed by atoms with Gasteiger partial charge in [-0.2, -0.15) is 13.2 Å². The average molecular weight is 504 g/mol. The van der Waals surface area contributed by atoms with Crippen LogP contribution in [-0.2, 0) is 23.8 Å². The molecular formula is C22H21ClF3NO5S.